The minimum absolute atomic E-state index is 0.0109. The molecule has 0 aliphatic carbocycles. The van der Waals surface area contributed by atoms with Gasteiger partial charge in [-0.3, -0.25) is 4.79 Å². The smallest absolute Gasteiger partial charge is 0.266 e. The van der Waals surface area contributed by atoms with Crippen LogP contribution in [0, 0.1) is 27.6 Å². The highest BCUT2D eigenvalue weighted by Crippen LogP contribution is 2.33. The first-order valence-electron chi connectivity index (χ1n) is 9.22. The fourth-order valence-corrected chi connectivity index (χ4v) is 4.46. The molecule has 0 aliphatic heterocycles. The molecule has 31 heavy (non-hydrogen) atoms. The Morgan fingerprint density at radius 2 is 1.87 bits per heavy atom. The summed E-state index contributed by atoms with van der Waals surface area (Å²) in [5.41, 5.74) is 3.21. The molecule has 0 aliphatic rings. The standard InChI is InChI=1S/C24H17BrFIN2O2/c1-15-2-8-20(9-3-15)29-24(30)18(13-28)10-17-11-21(25)23(22(27)12-17)31-14-16-4-6-19(26)7-5-16/h2-12H,14H2,1H3,(H,29,30)/b18-10+. The largest absolute Gasteiger partial charge is 0.487 e. The van der Waals surface area contributed by atoms with Gasteiger partial charge in [0.1, 0.15) is 29.8 Å². The molecule has 4 nitrogen and oxygen atoms in total. The number of benzene rings is 3. The predicted molar refractivity (Wildman–Crippen MR) is 131 cm³/mol. The normalized spacial score (nSPS) is 11.0. The molecule has 1 N–H and O–H groups in total. The lowest BCUT2D eigenvalue weighted by Crippen LogP contribution is -2.13. The van der Waals surface area contributed by atoms with E-state index in [-0.39, 0.29) is 18.0 Å². The second-order valence-electron chi connectivity index (χ2n) is 6.72. The van der Waals surface area contributed by atoms with Crippen LogP contribution in [0.25, 0.3) is 6.08 Å². The van der Waals surface area contributed by atoms with Gasteiger partial charge in [0.05, 0.1) is 8.04 Å². The minimum Gasteiger partial charge on any atom is -0.487 e. The number of hydrogen-bond donors (Lipinski definition) is 1. The Balaban J connectivity index is 1.76. The van der Waals surface area contributed by atoms with Gasteiger partial charge in [-0.15, -0.1) is 0 Å². The van der Waals surface area contributed by atoms with E-state index in [4.69, 9.17) is 4.74 Å². The zero-order valence-corrected chi connectivity index (χ0v) is 20.2. The van der Waals surface area contributed by atoms with E-state index in [2.05, 4.69) is 43.8 Å². The number of aryl methyl sites for hydroxylation is 1. The van der Waals surface area contributed by atoms with Crippen LogP contribution in [-0.4, -0.2) is 5.91 Å². The van der Waals surface area contributed by atoms with Crippen LogP contribution in [-0.2, 0) is 11.4 Å². The van der Waals surface area contributed by atoms with E-state index in [0.717, 1.165) is 14.7 Å². The van der Waals surface area contributed by atoms with Gasteiger partial charge >= 0.3 is 0 Å². The van der Waals surface area contributed by atoms with Crippen LogP contribution in [0.1, 0.15) is 16.7 Å². The molecule has 0 aromatic heterocycles. The van der Waals surface area contributed by atoms with Crippen molar-refractivity contribution >= 4 is 56.2 Å². The highest BCUT2D eigenvalue weighted by atomic mass is 127. The molecule has 0 saturated heterocycles. The fraction of sp³-hybridized carbons (Fsp3) is 0.0833. The first-order chi connectivity index (χ1) is 14.9. The molecule has 3 aromatic carbocycles. The van der Waals surface area contributed by atoms with Gasteiger partial charge in [-0.1, -0.05) is 29.8 Å². The molecule has 0 spiro atoms. The van der Waals surface area contributed by atoms with Gasteiger partial charge in [0, 0.05) is 5.69 Å². The van der Waals surface area contributed by atoms with E-state index in [1.165, 1.54) is 18.2 Å². The van der Waals surface area contributed by atoms with Crippen molar-refractivity contribution in [3.05, 3.63) is 96.8 Å². The van der Waals surface area contributed by atoms with Crippen LogP contribution in [0.15, 0.2) is 70.7 Å². The van der Waals surface area contributed by atoms with E-state index >= 15 is 0 Å². The Morgan fingerprint density at radius 3 is 2.48 bits per heavy atom. The van der Waals surface area contributed by atoms with Crippen LogP contribution in [0.4, 0.5) is 10.1 Å². The first-order valence-corrected chi connectivity index (χ1v) is 11.1. The molecular formula is C24H17BrFIN2O2. The monoisotopic (exact) mass is 590 g/mol. The molecule has 156 valence electrons. The van der Waals surface area contributed by atoms with Crippen LogP contribution >= 0.6 is 38.5 Å². The minimum atomic E-state index is -0.478. The summed E-state index contributed by atoms with van der Waals surface area (Å²) in [4.78, 5) is 12.5. The molecule has 7 heteroatoms. The van der Waals surface area contributed by atoms with Gasteiger partial charge in [0.25, 0.3) is 5.91 Å². The third-order valence-corrected chi connectivity index (χ3v) is 5.69. The number of hydrogen-bond acceptors (Lipinski definition) is 3. The number of nitrogens with zero attached hydrogens (tertiary/aromatic N) is 1. The van der Waals surface area contributed by atoms with Crippen LogP contribution < -0.4 is 10.1 Å². The van der Waals surface area contributed by atoms with E-state index in [1.807, 2.05) is 31.2 Å². The van der Waals surface area contributed by atoms with Crippen LogP contribution in [0.5, 0.6) is 5.75 Å². The van der Waals surface area contributed by atoms with Crippen LogP contribution in [0.3, 0.4) is 0 Å². The van der Waals surface area contributed by atoms with Crippen molar-refractivity contribution in [1.82, 2.24) is 0 Å². The summed E-state index contributed by atoms with van der Waals surface area (Å²) in [6.45, 7) is 2.24. The maximum atomic E-state index is 13.0. The van der Waals surface area contributed by atoms with E-state index in [1.54, 1.807) is 30.3 Å². The van der Waals surface area contributed by atoms with Crippen molar-refractivity contribution in [2.75, 3.05) is 5.32 Å². The van der Waals surface area contributed by atoms with E-state index in [9.17, 15) is 14.4 Å². The lowest BCUT2D eigenvalue weighted by Gasteiger charge is -2.12. The van der Waals surface area contributed by atoms with Crippen molar-refractivity contribution in [2.45, 2.75) is 13.5 Å². The zero-order valence-electron chi connectivity index (χ0n) is 16.5. The zero-order chi connectivity index (χ0) is 22.4. The Bertz CT molecular complexity index is 1150. The molecule has 0 fully saturated rings. The van der Waals surface area contributed by atoms with Crippen molar-refractivity contribution in [3.63, 3.8) is 0 Å². The van der Waals surface area contributed by atoms with E-state index in [0.29, 0.717) is 21.5 Å². The van der Waals surface area contributed by atoms with Gasteiger partial charge in [-0.2, -0.15) is 5.26 Å². The summed E-state index contributed by atoms with van der Waals surface area (Å²) < 4.78 is 20.4. The Hall–Kier alpha value is -2.70. The average molecular weight is 591 g/mol. The molecule has 3 rings (SSSR count). The molecule has 0 radical (unpaired) electrons. The maximum absolute atomic E-state index is 13.0. The molecule has 0 atom stereocenters. The Kier molecular flexibility index (Phi) is 7.82. The molecule has 0 bridgehead atoms. The quantitative estimate of drug-likeness (QED) is 0.199. The van der Waals surface area contributed by atoms with Gasteiger partial charge in [0.2, 0.25) is 0 Å². The van der Waals surface area contributed by atoms with Crippen LogP contribution in [0.2, 0.25) is 0 Å². The lowest BCUT2D eigenvalue weighted by molar-refractivity contribution is -0.112. The number of carbonyl (C=O) groups is 1. The number of carbonyl (C=O) groups excluding carboxylic acids is 1. The second kappa shape index (κ2) is 10.6. The van der Waals surface area contributed by atoms with Crippen molar-refractivity contribution in [1.29, 1.82) is 5.26 Å². The number of nitriles is 1. The fourth-order valence-electron chi connectivity index (χ4n) is 2.69. The highest BCUT2D eigenvalue weighted by molar-refractivity contribution is 14.1. The molecule has 0 saturated carbocycles. The summed E-state index contributed by atoms with van der Waals surface area (Å²) in [6, 6.07) is 19.0. The maximum Gasteiger partial charge on any atom is 0.266 e. The summed E-state index contributed by atoms with van der Waals surface area (Å²) in [7, 11) is 0. The van der Waals surface area contributed by atoms with Gasteiger partial charge in [-0.25, -0.2) is 4.39 Å². The third-order valence-electron chi connectivity index (χ3n) is 4.30. The van der Waals surface area contributed by atoms with Crippen molar-refractivity contribution in [3.8, 4) is 11.8 Å². The third kappa shape index (κ3) is 6.39. The number of halogens is 3. The summed E-state index contributed by atoms with van der Waals surface area (Å²) >= 11 is 5.62. The van der Waals surface area contributed by atoms with E-state index < -0.39 is 5.91 Å². The SMILES string of the molecule is Cc1ccc(NC(=O)/C(C#N)=C/c2cc(Br)c(OCc3ccc(F)cc3)c(I)c2)cc1. The number of nitrogens with one attached hydrogen (secondary N) is 1. The highest BCUT2D eigenvalue weighted by Gasteiger charge is 2.13. The Labute approximate surface area is 202 Å². The van der Waals surface area contributed by atoms with Crippen molar-refractivity contribution < 1.29 is 13.9 Å². The summed E-state index contributed by atoms with van der Waals surface area (Å²) in [5, 5.41) is 12.2. The average Bonchev–Trinajstić information content (AvgIpc) is 2.74. The molecular weight excluding hydrogens is 574 g/mol. The molecule has 0 unspecified atom stereocenters. The number of rotatable bonds is 6. The van der Waals surface area contributed by atoms with Gasteiger partial charge in [0.15, 0.2) is 0 Å². The number of ether oxygens (including phenoxy) is 1. The predicted octanol–water partition coefficient (Wildman–Crippen LogP) is 6.63. The summed E-state index contributed by atoms with van der Waals surface area (Å²) in [6.07, 6.45) is 1.53. The lowest BCUT2D eigenvalue weighted by atomic mass is 10.1. The van der Waals surface area contributed by atoms with Gasteiger partial charge in [-0.05, 0) is 99.0 Å². The molecule has 1 amide bonds. The topological polar surface area (TPSA) is 62.1 Å². The molecule has 0 heterocycles. The summed E-state index contributed by atoms with van der Waals surface area (Å²) in [5.74, 6) is -0.144. The number of amides is 1. The second-order valence-corrected chi connectivity index (χ2v) is 8.74. The first kappa shape index (κ1) is 23.0. The molecule has 3 aromatic rings. The van der Waals surface area contributed by atoms with Crippen molar-refractivity contribution in [2.24, 2.45) is 0 Å². The Morgan fingerprint density at radius 1 is 1.19 bits per heavy atom. The number of anilines is 1. The van der Waals surface area contributed by atoms with Gasteiger partial charge < -0.3 is 10.1 Å².